The van der Waals surface area contributed by atoms with Crippen LogP contribution in [0.3, 0.4) is 0 Å². The Balaban J connectivity index is 2.56. The van der Waals surface area contributed by atoms with Crippen molar-refractivity contribution in [3.63, 3.8) is 0 Å². The van der Waals surface area contributed by atoms with E-state index in [1.54, 1.807) is 24.3 Å². The lowest BCUT2D eigenvalue weighted by molar-refractivity contribution is 0.776. The normalized spacial score (nSPS) is 11.0. The van der Waals surface area contributed by atoms with E-state index in [1.807, 2.05) is 13.8 Å². The van der Waals surface area contributed by atoms with Gasteiger partial charge in [-0.3, -0.25) is 0 Å². The Kier molecular flexibility index (Phi) is 4.10. The standard InChI is InChI=1S/C13H11Cl3N2/c1-7(2)13-17-11(6-12(16)18-13)8-3-9(14)5-10(15)4-8/h3-7H,1-2H3. The summed E-state index contributed by atoms with van der Waals surface area (Å²) in [7, 11) is 0. The van der Waals surface area contributed by atoms with E-state index in [4.69, 9.17) is 34.8 Å². The quantitative estimate of drug-likeness (QED) is 0.710. The molecule has 0 atom stereocenters. The molecule has 0 unspecified atom stereocenters. The molecule has 0 aliphatic rings. The van der Waals surface area contributed by atoms with Crippen LogP contribution in [0.25, 0.3) is 11.3 Å². The minimum absolute atomic E-state index is 0.206. The summed E-state index contributed by atoms with van der Waals surface area (Å²) in [6.45, 7) is 4.03. The van der Waals surface area contributed by atoms with Crippen molar-refractivity contribution in [3.05, 3.63) is 45.3 Å². The number of hydrogen-bond donors (Lipinski definition) is 0. The van der Waals surface area contributed by atoms with Crippen molar-refractivity contribution in [1.82, 2.24) is 9.97 Å². The average molecular weight is 302 g/mol. The lowest BCUT2D eigenvalue weighted by Gasteiger charge is -2.08. The van der Waals surface area contributed by atoms with Gasteiger partial charge in [0.25, 0.3) is 0 Å². The molecule has 0 aliphatic heterocycles. The summed E-state index contributed by atoms with van der Waals surface area (Å²) >= 11 is 18.0. The van der Waals surface area contributed by atoms with Gasteiger partial charge in [0.15, 0.2) is 0 Å². The number of nitrogens with zero attached hydrogens (tertiary/aromatic N) is 2. The van der Waals surface area contributed by atoms with Gasteiger partial charge in [0.1, 0.15) is 11.0 Å². The largest absolute Gasteiger partial charge is 0.233 e. The molecule has 0 spiro atoms. The highest BCUT2D eigenvalue weighted by Gasteiger charge is 2.09. The van der Waals surface area contributed by atoms with Gasteiger partial charge >= 0.3 is 0 Å². The van der Waals surface area contributed by atoms with Crippen LogP contribution in [0, 0.1) is 0 Å². The van der Waals surface area contributed by atoms with E-state index in [1.165, 1.54) is 0 Å². The summed E-state index contributed by atoms with van der Waals surface area (Å²) in [5.41, 5.74) is 1.56. The van der Waals surface area contributed by atoms with Gasteiger partial charge in [-0.1, -0.05) is 48.7 Å². The monoisotopic (exact) mass is 300 g/mol. The van der Waals surface area contributed by atoms with E-state index in [9.17, 15) is 0 Å². The Bertz CT molecular complexity index is 562. The Morgan fingerprint density at radius 1 is 0.889 bits per heavy atom. The second kappa shape index (κ2) is 5.43. The van der Waals surface area contributed by atoms with Crippen LogP contribution in [0.2, 0.25) is 15.2 Å². The molecule has 0 radical (unpaired) electrons. The van der Waals surface area contributed by atoms with Crippen molar-refractivity contribution >= 4 is 34.8 Å². The van der Waals surface area contributed by atoms with Gasteiger partial charge in [0.05, 0.1) is 5.69 Å². The van der Waals surface area contributed by atoms with Crippen LogP contribution in [0.1, 0.15) is 25.6 Å². The highest BCUT2D eigenvalue weighted by Crippen LogP contribution is 2.28. The number of benzene rings is 1. The van der Waals surface area contributed by atoms with Crippen molar-refractivity contribution < 1.29 is 0 Å². The molecule has 1 aromatic heterocycles. The third-order valence-electron chi connectivity index (χ3n) is 2.39. The predicted octanol–water partition coefficient (Wildman–Crippen LogP) is 5.23. The molecule has 0 aliphatic carbocycles. The van der Waals surface area contributed by atoms with E-state index in [0.717, 1.165) is 11.3 Å². The third-order valence-corrected chi connectivity index (χ3v) is 3.02. The molecule has 2 rings (SSSR count). The first-order valence-electron chi connectivity index (χ1n) is 5.46. The maximum Gasteiger partial charge on any atom is 0.133 e. The molecule has 0 fully saturated rings. The summed E-state index contributed by atoms with van der Waals surface area (Å²) in [5.74, 6) is 0.908. The third kappa shape index (κ3) is 3.14. The van der Waals surface area contributed by atoms with Gasteiger partial charge in [-0.15, -0.1) is 0 Å². The summed E-state index contributed by atoms with van der Waals surface area (Å²) in [4.78, 5) is 8.66. The summed E-state index contributed by atoms with van der Waals surface area (Å²) in [5, 5.41) is 1.55. The molecule has 1 heterocycles. The molecule has 2 nitrogen and oxygen atoms in total. The Morgan fingerprint density at radius 2 is 1.50 bits per heavy atom. The summed E-state index contributed by atoms with van der Waals surface area (Å²) in [6.07, 6.45) is 0. The number of aromatic nitrogens is 2. The molecular formula is C13H11Cl3N2. The molecule has 2 aromatic rings. The molecule has 18 heavy (non-hydrogen) atoms. The van der Waals surface area contributed by atoms with Crippen molar-refractivity contribution in [2.75, 3.05) is 0 Å². The van der Waals surface area contributed by atoms with Crippen LogP contribution in [-0.4, -0.2) is 9.97 Å². The summed E-state index contributed by atoms with van der Waals surface area (Å²) in [6, 6.07) is 6.99. The first-order valence-corrected chi connectivity index (χ1v) is 6.60. The van der Waals surface area contributed by atoms with E-state index in [2.05, 4.69) is 9.97 Å². The number of rotatable bonds is 2. The number of hydrogen-bond acceptors (Lipinski definition) is 2. The van der Waals surface area contributed by atoms with Gasteiger partial charge < -0.3 is 0 Å². The smallest absolute Gasteiger partial charge is 0.133 e. The highest BCUT2D eigenvalue weighted by molar-refractivity contribution is 6.35. The van der Waals surface area contributed by atoms with Gasteiger partial charge in [0, 0.05) is 27.6 Å². The van der Waals surface area contributed by atoms with Gasteiger partial charge in [-0.05, 0) is 18.2 Å². The molecule has 5 heteroatoms. The van der Waals surface area contributed by atoms with Crippen molar-refractivity contribution in [2.24, 2.45) is 0 Å². The zero-order valence-electron chi connectivity index (χ0n) is 9.92. The van der Waals surface area contributed by atoms with Crippen LogP contribution < -0.4 is 0 Å². The summed E-state index contributed by atoms with van der Waals surface area (Å²) < 4.78 is 0. The topological polar surface area (TPSA) is 25.8 Å². The Morgan fingerprint density at radius 3 is 2.06 bits per heavy atom. The fourth-order valence-corrected chi connectivity index (χ4v) is 2.26. The average Bonchev–Trinajstić information content (AvgIpc) is 2.26. The Hall–Kier alpha value is -0.830. The lowest BCUT2D eigenvalue weighted by Crippen LogP contribution is -1.99. The fraction of sp³-hybridized carbons (Fsp3) is 0.231. The SMILES string of the molecule is CC(C)c1nc(Cl)cc(-c2cc(Cl)cc(Cl)c2)n1. The van der Waals surface area contributed by atoms with Gasteiger partial charge in [-0.25, -0.2) is 9.97 Å². The molecule has 0 saturated heterocycles. The molecule has 0 bridgehead atoms. The molecule has 0 amide bonds. The predicted molar refractivity (Wildman–Crippen MR) is 76.6 cm³/mol. The second-order valence-corrected chi connectivity index (χ2v) is 5.51. The van der Waals surface area contributed by atoms with Crippen molar-refractivity contribution in [1.29, 1.82) is 0 Å². The van der Waals surface area contributed by atoms with Crippen LogP contribution >= 0.6 is 34.8 Å². The van der Waals surface area contributed by atoms with E-state index in [-0.39, 0.29) is 5.92 Å². The first-order chi connectivity index (χ1) is 8.45. The molecule has 0 saturated carbocycles. The Labute approximate surface area is 121 Å². The van der Waals surface area contributed by atoms with E-state index >= 15 is 0 Å². The lowest BCUT2D eigenvalue weighted by atomic mass is 10.1. The fourth-order valence-electron chi connectivity index (χ4n) is 1.54. The van der Waals surface area contributed by atoms with Crippen LogP contribution in [0.5, 0.6) is 0 Å². The highest BCUT2D eigenvalue weighted by atomic mass is 35.5. The molecule has 1 aromatic carbocycles. The second-order valence-electron chi connectivity index (χ2n) is 4.25. The zero-order valence-corrected chi connectivity index (χ0v) is 12.2. The van der Waals surface area contributed by atoms with Gasteiger partial charge in [0.2, 0.25) is 0 Å². The van der Waals surface area contributed by atoms with Gasteiger partial charge in [-0.2, -0.15) is 0 Å². The van der Waals surface area contributed by atoms with E-state index < -0.39 is 0 Å². The van der Waals surface area contributed by atoms with Crippen molar-refractivity contribution in [3.8, 4) is 11.3 Å². The maximum absolute atomic E-state index is 6.01. The van der Waals surface area contributed by atoms with Crippen molar-refractivity contribution in [2.45, 2.75) is 19.8 Å². The minimum Gasteiger partial charge on any atom is -0.233 e. The molecule has 94 valence electrons. The molecular weight excluding hydrogens is 291 g/mol. The van der Waals surface area contributed by atoms with Crippen LogP contribution in [0.4, 0.5) is 0 Å². The van der Waals surface area contributed by atoms with Crippen LogP contribution in [0.15, 0.2) is 24.3 Å². The first kappa shape index (κ1) is 13.6. The molecule has 0 N–H and O–H groups in total. The minimum atomic E-state index is 0.206. The number of halogens is 3. The maximum atomic E-state index is 6.01. The van der Waals surface area contributed by atoms with Crippen LogP contribution in [-0.2, 0) is 0 Å². The zero-order chi connectivity index (χ0) is 13.3. The van der Waals surface area contributed by atoms with E-state index in [0.29, 0.717) is 21.0 Å².